The van der Waals surface area contributed by atoms with Crippen molar-refractivity contribution in [1.29, 1.82) is 0 Å². The Balaban J connectivity index is 2.19. The molecule has 0 amide bonds. The fraction of sp³-hybridized carbons (Fsp3) is 0.125. The number of ether oxygens (including phenoxy) is 1. The highest BCUT2D eigenvalue weighted by Gasteiger charge is 2.12. The van der Waals surface area contributed by atoms with Crippen LogP contribution in [-0.4, -0.2) is 22.2 Å². The molecule has 0 aliphatic rings. The van der Waals surface area contributed by atoms with E-state index < -0.39 is 11.9 Å². The number of thiol groups is 1. The maximum Gasteiger partial charge on any atom is 0.339 e. The highest BCUT2D eigenvalue weighted by Crippen LogP contribution is 2.22. The van der Waals surface area contributed by atoms with Gasteiger partial charge in [0.15, 0.2) is 0 Å². The summed E-state index contributed by atoms with van der Waals surface area (Å²) in [6.07, 6.45) is 0. The van der Waals surface area contributed by atoms with E-state index in [0.717, 1.165) is 5.56 Å². The monoisotopic (exact) mass is 318 g/mol. The molecule has 0 heterocycles. The molecule has 0 radical (unpaired) electrons. The molecule has 0 aliphatic carbocycles. The van der Waals surface area contributed by atoms with Crippen LogP contribution in [0.15, 0.2) is 42.5 Å². The molecule has 0 unspecified atom stereocenters. The molecule has 0 saturated heterocycles. The first-order valence-electron chi connectivity index (χ1n) is 6.43. The van der Waals surface area contributed by atoms with Gasteiger partial charge in [0.05, 0.1) is 5.56 Å². The number of aromatic carboxylic acids is 2. The summed E-state index contributed by atoms with van der Waals surface area (Å²) in [5.41, 5.74) is 1.64. The van der Waals surface area contributed by atoms with E-state index in [-0.39, 0.29) is 23.5 Å². The summed E-state index contributed by atoms with van der Waals surface area (Å²) in [7, 11) is 0. The van der Waals surface area contributed by atoms with Gasteiger partial charge in [-0.15, -0.1) is 0 Å². The Morgan fingerprint density at radius 3 is 2.41 bits per heavy atom. The normalized spacial score (nSPS) is 10.2. The van der Waals surface area contributed by atoms with E-state index in [1.807, 2.05) is 0 Å². The van der Waals surface area contributed by atoms with Gasteiger partial charge in [0, 0.05) is 5.75 Å². The molecule has 22 heavy (non-hydrogen) atoms. The standard InChI is InChI=1S/C16H14O5S/c17-15(18)12-3-1-2-10(6-12)8-21-14-5-4-11(9-22)7-13(14)16(19)20/h1-7,22H,8-9H2,(H,17,18)(H,19,20). The Bertz CT molecular complexity index is 711. The van der Waals surface area contributed by atoms with Crippen LogP contribution >= 0.6 is 12.6 Å². The quantitative estimate of drug-likeness (QED) is 0.713. The zero-order valence-electron chi connectivity index (χ0n) is 11.5. The topological polar surface area (TPSA) is 83.8 Å². The molecule has 114 valence electrons. The van der Waals surface area contributed by atoms with Crippen molar-refractivity contribution in [3.63, 3.8) is 0 Å². The molecule has 0 atom stereocenters. The Morgan fingerprint density at radius 2 is 1.77 bits per heavy atom. The predicted molar refractivity (Wildman–Crippen MR) is 83.8 cm³/mol. The molecule has 0 aromatic heterocycles. The molecule has 2 N–H and O–H groups in total. The number of carboxylic acids is 2. The second-order valence-electron chi connectivity index (χ2n) is 4.59. The molecule has 0 spiro atoms. The van der Waals surface area contributed by atoms with Gasteiger partial charge in [-0.2, -0.15) is 12.6 Å². The van der Waals surface area contributed by atoms with E-state index >= 15 is 0 Å². The van der Waals surface area contributed by atoms with Gasteiger partial charge in [-0.05, 0) is 35.4 Å². The fourth-order valence-electron chi connectivity index (χ4n) is 1.92. The molecule has 6 heteroatoms. The second kappa shape index (κ2) is 7.00. The molecule has 0 fully saturated rings. The van der Waals surface area contributed by atoms with Gasteiger partial charge in [0.1, 0.15) is 17.9 Å². The van der Waals surface area contributed by atoms with Crippen LogP contribution in [-0.2, 0) is 12.4 Å². The fourth-order valence-corrected chi connectivity index (χ4v) is 2.12. The third-order valence-electron chi connectivity index (χ3n) is 3.03. The van der Waals surface area contributed by atoms with Crippen molar-refractivity contribution in [3.05, 3.63) is 64.7 Å². The third kappa shape index (κ3) is 3.79. The molecular weight excluding hydrogens is 304 g/mol. The summed E-state index contributed by atoms with van der Waals surface area (Å²) in [6, 6.07) is 11.1. The second-order valence-corrected chi connectivity index (χ2v) is 4.90. The molecule has 0 aliphatic heterocycles. The summed E-state index contributed by atoms with van der Waals surface area (Å²) >= 11 is 4.11. The number of carbonyl (C=O) groups is 2. The first-order valence-corrected chi connectivity index (χ1v) is 7.06. The van der Waals surface area contributed by atoms with E-state index in [2.05, 4.69) is 12.6 Å². The van der Waals surface area contributed by atoms with Crippen LogP contribution in [0.25, 0.3) is 0 Å². The maximum absolute atomic E-state index is 11.3. The Kier molecular flexibility index (Phi) is 5.06. The average Bonchev–Trinajstić information content (AvgIpc) is 2.52. The van der Waals surface area contributed by atoms with Gasteiger partial charge >= 0.3 is 11.9 Å². The maximum atomic E-state index is 11.3. The van der Waals surface area contributed by atoms with Crippen LogP contribution in [0.2, 0.25) is 0 Å². The predicted octanol–water partition coefficient (Wildman–Crippen LogP) is 3.09. The zero-order chi connectivity index (χ0) is 16.1. The largest absolute Gasteiger partial charge is 0.488 e. The number of benzene rings is 2. The SMILES string of the molecule is O=C(O)c1cccc(COc2ccc(CS)cc2C(=O)O)c1. The molecule has 2 rings (SSSR count). The van der Waals surface area contributed by atoms with Crippen molar-refractivity contribution in [1.82, 2.24) is 0 Å². The van der Waals surface area contributed by atoms with E-state index in [4.69, 9.17) is 9.84 Å². The highest BCUT2D eigenvalue weighted by molar-refractivity contribution is 7.79. The van der Waals surface area contributed by atoms with E-state index in [1.165, 1.54) is 18.2 Å². The minimum Gasteiger partial charge on any atom is -0.488 e. The van der Waals surface area contributed by atoms with Crippen LogP contribution in [0, 0.1) is 0 Å². The Morgan fingerprint density at radius 1 is 1.00 bits per heavy atom. The lowest BCUT2D eigenvalue weighted by Crippen LogP contribution is -2.05. The summed E-state index contributed by atoms with van der Waals surface area (Å²) < 4.78 is 5.52. The van der Waals surface area contributed by atoms with Crippen molar-refractivity contribution >= 4 is 24.6 Å². The number of hydrogen-bond acceptors (Lipinski definition) is 4. The number of hydrogen-bond donors (Lipinski definition) is 3. The van der Waals surface area contributed by atoms with Gasteiger partial charge < -0.3 is 14.9 Å². The van der Waals surface area contributed by atoms with Crippen molar-refractivity contribution in [2.24, 2.45) is 0 Å². The molecule has 0 bridgehead atoms. The molecule has 2 aromatic rings. The van der Waals surface area contributed by atoms with Crippen molar-refractivity contribution in [2.45, 2.75) is 12.4 Å². The lowest BCUT2D eigenvalue weighted by Gasteiger charge is -2.11. The first kappa shape index (κ1) is 15.9. The third-order valence-corrected chi connectivity index (χ3v) is 3.39. The Hall–Kier alpha value is -2.47. The van der Waals surface area contributed by atoms with Crippen LogP contribution in [0.3, 0.4) is 0 Å². The molecular formula is C16H14O5S. The van der Waals surface area contributed by atoms with E-state index in [1.54, 1.807) is 24.3 Å². The molecule has 5 nitrogen and oxygen atoms in total. The number of carboxylic acid groups (broad SMARTS) is 2. The smallest absolute Gasteiger partial charge is 0.339 e. The van der Waals surface area contributed by atoms with Crippen LogP contribution in [0.5, 0.6) is 5.75 Å². The first-order chi connectivity index (χ1) is 10.5. The van der Waals surface area contributed by atoms with Gasteiger partial charge in [-0.3, -0.25) is 0 Å². The zero-order valence-corrected chi connectivity index (χ0v) is 12.4. The van der Waals surface area contributed by atoms with E-state index in [9.17, 15) is 14.7 Å². The average molecular weight is 318 g/mol. The lowest BCUT2D eigenvalue weighted by atomic mass is 10.1. The van der Waals surface area contributed by atoms with Gasteiger partial charge in [-0.25, -0.2) is 9.59 Å². The van der Waals surface area contributed by atoms with Gasteiger partial charge in [0.2, 0.25) is 0 Å². The molecule has 0 saturated carbocycles. The van der Waals surface area contributed by atoms with Crippen molar-refractivity contribution in [3.8, 4) is 5.75 Å². The van der Waals surface area contributed by atoms with E-state index in [0.29, 0.717) is 11.3 Å². The van der Waals surface area contributed by atoms with Crippen LogP contribution in [0.4, 0.5) is 0 Å². The summed E-state index contributed by atoms with van der Waals surface area (Å²) in [4.78, 5) is 22.2. The van der Waals surface area contributed by atoms with Crippen LogP contribution in [0.1, 0.15) is 31.8 Å². The highest BCUT2D eigenvalue weighted by atomic mass is 32.1. The van der Waals surface area contributed by atoms with Crippen molar-refractivity contribution < 1.29 is 24.5 Å². The van der Waals surface area contributed by atoms with Gasteiger partial charge in [-0.1, -0.05) is 18.2 Å². The number of rotatable bonds is 6. The van der Waals surface area contributed by atoms with Crippen LogP contribution < -0.4 is 4.74 Å². The lowest BCUT2D eigenvalue weighted by molar-refractivity contribution is 0.0684. The van der Waals surface area contributed by atoms with Gasteiger partial charge in [0.25, 0.3) is 0 Å². The minimum atomic E-state index is -1.09. The van der Waals surface area contributed by atoms with Crippen molar-refractivity contribution in [2.75, 3.05) is 0 Å². The summed E-state index contributed by atoms with van der Waals surface area (Å²) in [6.45, 7) is 0.0849. The summed E-state index contributed by atoms with van der Waals surface area (Å²) in [5, 5.41) is 18.2. The minimum absolute atomic E-state index is 0.0564. The summed E-state index contributed by atoms with van der Waals surface area (Å²) in [5.74, 6) is -1.44. The molecule has 2 aromatic carbocycles. The Labute approximate surface area is 132 Å².